The topological polar surface area (TPSA) is 79.1 Å². The van der Waals surface area contributed by atoms with Crippen molar-refractivity contribution >= 4 is 46.4 Å². The van der Waals surface area contributed by atoms with Gasteiger partial charge in [0.05, 0.1) is 34.6 Å². The number of nitrogens with two attached hydrogens (primary N) is 1. The third-order valence-corrected chi connectivity index (χ3v) is 7.17. The molecule has 2 aromatic rings. The summed E-state index contributed by atoms with van der Waals surface area (Å²) in [7, 11) is 0. The van der Waals surface area contributed by atoms with E-state index in [-0.39, 0.29) is 18.4 Å². The maximum atomic E-state index is 12.2. The van der Waals surface area contributed by atoms with E-state index in [9.17, 15) is 9.59 Å². The first-order valence-electron chi connectivity index (χ1n) is 11.7. The van der Waals surface area contributed by atoms with Crippen LogP contribution in [0.4, 0.5) is 11.4 Å². The van der Waals surface area contributed by atoms with Crippen molar-refractivity contribution in [1.29, 1.82) is 0 Å². The van der Waals surface area contributed by atoms with Crippen LogP contribution in [-0.4, -0.2) is 62.6 Å². The molecule has 0 aliphatic carbocycles. The van der Waals surface area contributed by atoms with Crippen molar-refractivity contribution in [3.8, 4) is 5.75 Å². The quantitative estimate of drug-likeness (QED) is 0.551. The molecule has 0 aromatic heterocycles. The van der Waals surface area contributed by atoms with E-state index in [0.717, 1.165) is 56.8 Å². The maximum Gasteiger partial charge on any atom is 0.247 e. The van der Waals surface area contributed by atoms with E-state index in [1.54, 1.807) is 6.07 Å². The third kappa shape index (κ3) is 5.66. The van der Waals surface area contributed by atoms with Gasteiger partial charge in [0.25, 0.3) is 0 Å². The molecule has 1 fully saturated rings. The summed E-state index contributed by atoms with van der Waals surface area (Å²) in [4.78, 5) is 30.3. The van der Waals surface area contributed by atoms with E-state index in [1.165, 1.54) is 4.90 Å². The number of ether oxygens (including phenoxy) is 1. The number of carbonyl (C=O) groups is 2. The van der Waals surface area contributed by atoms with Crippen molar-refractivity contribution in [2.45, 2.75) is 25.7 Å². The number of nitrogens with zero attached hydrogens (tertiary/aromatic N) is 3. The van der Waals surface area contributed by atoms with Crippen LogP contribution in [0, 0.1) is 0 Å². The summed E-state index contributed by atoms with van der Waals surface area (Å²) < 4.78 is 5.92. The van der Waals surface area contributed by atoms with E-state index in [1.807, 2.05) is 30.3 Å². The molecule has 2 amide bonds. The van der Waals surface area contributed by atoms with Crippen LogP contribution in [0.15, 0.2) is 36.4 Å². The third-order valence-electron chi connectivity index (χ3n) is 6.36. The van der Waals surface area contributed by atoms with Gasteiger partial charge in [0.2, 0.25) is 11.8 Å². The van der Waals surface area contributed by atoms with Crippen LogP contribution in [-0.2, 0) is 16.0 Å². The molecule has 182 valence electrons. The lowest BCUT2D eigenvalue weighted by Gasteiger charge is -2.36. The van der Waals surface area contributed by atoms with Crippen LogP contribution >= 0.6 is 23.2 Å². The highest BCUT2D eigenvalue weighted by Crippen LogP contribution is 2.33. The number of imide groups is 1. The summed E-state index contributed by atoms with van der Waals surface area (Å²) in [6.07, 6.45) is 2.89. The Balaban J connectivity index is 1.21. The standard InChI is InChI=1S/C25H30Cl2N4O3/c26-20-4-3-5-21(25(20)27)30-13-11-29(12-14-30)10-1-2-15-34-19-8-6-18-7-9-23(32)31(22(18)16-19)24(33)17-28/h3-6,8,16H,1-2,7,9-15,17,28H2. The van der Waals surface area contributed by atoms with Crippen LogP contribution in [0.2, 0.25) is 10.0 Å². The first kappa shape index (κ1) is 24.8. The molecule has 2 heterocycles. The molecule has 4 rings (SSSR count). The number of hydrogen-bond donors (Lipinski definition) is 1. The fourth-order valence-electron chi connectivity index (χ4n) is 4.48. The van der Waals surface area contributed by atoms with Crippen molar-refractivity contribution < 1.29 is 14.3 Å². The molecule has 0 atom stereocenters. The first-order chi connectivity index (χ1) is 16.5. The summed E-state index contributed by atoms with van der Waals surface area (Å²) in [5, 5.41) is 1.21. The molecule has 7 nitrogen and oxygen atoms in total. The van der Waals surface area contributed by atoms with Crippen molar-refractivity contribution in [1.82, 2.24) is 4.90 Å². The summed E-state index contributed by atoms with van der Waals surface area (Å²) >= 11 is 12.5. The summed E-state index contributed by atoms with van der Waals surface area (Å²) in [6.45, 7) is 5.19. The fourth-order valence-corrected chi connectivity index (χ4v) is 4.90. The molecule has 1 saturated heterocycles. The van der Waals surface area contributed by atoms with Gasteiger partial charge in [0.15, 0.2) is 0 Å². The minimum atomic E-state index is -0.388. The summed E-state index contributed by atoms with van der Waals surface area (Å²) in [6, 6.07) is 11.4. The lowest BCUT2D eigenvalue weighted by Crippen LogP contribution is -2.46. The zero-order valence-corrected chi connectivity index (χ0v) is 20.7. The largest absolute Gasteiger partial charge is 0.494 e. The molecule has 2 aromatic carbocycles. The number of anilines is 2. The van der Waals surface area contributed by atoms with Gasteiger partial charge in [-0.2, -0.15) is 0 Å². The number of fused-ring (bicyclic) bond motifs is 1. The second-order valence-corrected chi connectivity index (χ2v) is 9.36. The average molecular weight is 505 g/mol. The minimum Gasteiger partial charge on any atom is -0.494 e. The maximum absolute atomic E-state index is 12.2. The predicted octanol–water partition coefficient (Wildman–Crippen LogP) is 3.74. The molecule has 0 bridgehead atoms. The first-order valence-corrected chi connectivity index (χ1v) is 12.5. The van der Waals surface area contributed by atoms with E-state index in [4.69, 9.17) is 33.7 Å². The molecule has 0 radical (unpaired) electrons. The lowest BCUT2D eigenvalue weighted by atomic mass is 10.0. The molecular weight excluding hydrogens is 475 g/mol. The minimum absolute atomic E-state index is 0.198. The Morgan fingerprint density at radius 2 is 1.79 bits per heavy atom. The van der Waals surface area contributed by atoms with Gasteiger partial charge < -0.3 is 15.4 Å². The Hall–Kier alpha value is -2.32. The average Bonchev–Trinajstić information content (AvgIpc) is 2.85. The number of rotatable bonds is 8. The molecule has 0 saturated carbocycles. The summed E-state index contributed by atoms with van der Waals surface area (Å²) in [5.41, 5.74) is 8.06. The Morgan fingerprint density at radius 1 is 1.00 bits per heavy atom. The smallest absolute Gasteiger partial charge is 0.247 e. The molecule has 9 heteroatoms. The Morgan fingerprint density at radius 3 is 2.56 bits per heavy atom. The second kappa shape index (κ2) is 11.4. The van der Waals surface area contributed by atoms with Gasteiger partial charge in [-0.1, -0.05) is 35.3 Å². The van der Waals surface area contributed by atoms with Crippen molar-refractivity contribution in [2.75, 3.05) is 55.7 Å². The van der Waals surface area contributed by atoms with Gasteiger partial charge in [-0.05, 0) is 49.6 Å². The number of carbonyl (C=O) groups excluding carboxylic acids is 2. The number of amides is 2. The number of piperazine rings is 1. The van der Waals surface area contributed by atoms with Gasteiger partial charge in [0, 0.05) is 38.7 Å². The number of benzene rings is 2. The van der Waals surface area contributed by atoms with Crippen LogP contribution in [0.3, 0.4) is 0 Å². The van der Waals surface area contributed by atoms with Gasteiger partial charge in [-0.15, -0.1) is 0 Å². The number of aryl methyl sites for hydroxylation is 1. The number of hydrogen-bond acceptors (Lipinski definition) is 6. The van der Waals surface area contributed by atoms with E-state index in [0.29, 0.717) is 40.9 Å². The van der Waals surface area contributed by atoms with Gasteiger partial charge in [-0.3, -0.25) is 14.5 Å². The zero-order valence-electron chi connectivity index (χ0n) is 19.1. The Kier molecular flexibility index (Phi) is 8.32. The van der Waals surface area contributed by atoms with Crippen molar-refractivity contribution in [2.24, 2.45) is 5.73 Å². The van der Waals surface area contributed by atoms with Gasteiger partial charge in [-0.25, -0.2) is 4.90 Å². The van der Waals surface area contributed by atoms with Crippen LogP contribution < -0.4 is 20.3 Å². The van der Waals surface area contributed by atoms with Crippen molar-refractivity contribution in [3.05, 3.63) is 52.0 Å². The molecule has 2 aliphatic heterocycles. The highest BCUT2D eigenvalue weighted by atomic mass is 35.5. The highest BCUT2D eigenvalue weighted by molar-refractivity contribution is 6.43. The van der Waals surface area contributed by atoms with Crippen LogP contribution in [0.1, 0.15) is 24.8 Å². The van der Waals surface area contributed by atoms with Gasteiger partial charge >= 0.3 is 0 Å². The second-order valence-electron chi connectivity index (χ2n) is 8.57. The molecule has 0 spiro atoms. The van der Waals surface area contributed by atoms with Crippen LogP contribution in [0.25, 0.3) is 0 Å². The zero-order chi connectivity index (χ0) is 24.1. The SMILES string of the molecule is NCC(=O)N1C(=O)CCc2ccc(OCCCCN3CCN(c4cccc(Cl)c4Cl)CC3)cc21. The Labute approximate surface area is 210 Å². The molecule has 2 aliphatic rings. The highest BCUT2D eigenvalue weighted by Gasteiger charge is 2.29. The monoisotopic (exact) mass is 504 g/mol. The molecule has 2 N–H and O–H groups in total. The van der Waals surface area contributed by atoms with E-state index < -0.39 is 0 Å². The van der Waals surface area contributed by atoms with Crippen LogP contribution in [0.5, 0.6) is 5.75 Å². The molecular formula is C25H30Cl2N4O3. The summed E-state index contributed by atoms with van der Waals surface area (Å²) in [5.74, 6) is 0.0638. The normalized spacial score (nSPS) is 16.5. The van der Waals surface area contributed by atoms with Gasteiger partial charge in [0.1, 0.15) is 5.75 Å². The van der Waals surface area contributed by atoms with E-state index in [2.05, 4.69) is 9.80 Å². The number of unbranched alkanes of at least 4 members (excludes halogenated alkanes) is 1. The molecule has 34 heavy (non-hydrogen) atoms. The Bertz CT molecular complexity index is 1040. The molecule has 0 unspecified atom stereocenters. The number of halogens is 2. The lowest BCUT2D eigenvalue weighted by molar-refractivity contribution is -0.126. The predicted molar refractivity (Wildman–Crippen MR) is 136 cm³/mol. The van der Waals surface area contributed by atoms with E-state index >= 15 is 0 Å². The fraction of sp³-hybridized carbons (Fsp3) is 0.440. The van der Waals surface area contributed by atoms with Crippen molar-refractivity contribution in [3.63, 3.8) is 0 Å².